The summed E-state index contributed by atoms with van der Waals surface area (Å²) in [4.78, 5) is 16.5. The van der Waals surface area contributed by atoms with Crippen molar-refractivity contribution in [2.24, 2.45) is 11.3 Å². The third-order valence-corrected chi connectivity index (χ3v) is 4.72. The highest BCUT2D eigenvalue weighted by atomic mass is 16.5. The molecule has 6 nitrogen and oxygen atoms in total. The monoisotopic (exact) mass is 342 g/mol. The summed E-state index contributed by atoms with van der Waals surface area (Å²) in [5, 5.41) is 7.20. The van der Waals surface area contributed by atoms with Gasteiger partial charge in [0.25, 0.3) is 5.91 Å². The molecule has 1 amide bonds. The van der Waals surface area contributed by atoms with Gasteiger partial charge in [0.2, 0.25) is 0 Å². The number of benzene rings is 1. The van der Waals surface area contributed by atoms with Crippen molar-refractivity contribution in [2.45, 2.75) is 40.2 Å². The van der Waals surface area contributed by atoms with E-state index in [9.17, 15) is 4.79 Å². The quantitative estimate of drug-likeness (QED) is 0.927. The van der Waals surface area contributed by atoms with Crippen LogP contribution in [0.1, 0.15) is 43.1 Å². The standard InChI is InChI=1S/C19H26N4O2/c1-13-9-14(5-6-16(13)23-12-20-11-22-23)18(24)21-10-15-7-8-25-17(15)19(2,3)4/h5-6,9,11-12,15,17H,7-8,10H2,1-4H3,(H,21,24)/t15-,17-/m1/s1. The van der Waals surface area contributed by atoms with Crippen LogP contribution in [-0.2, 0) is 4.74 Å². The first-order valence-electron chi connectivity index (χ1n) is 8.71. The SMILES string of the molecule is Cc1cc(C(=O)NC[C@H]2CCO[C@H]2C(C)(C)C)ccc1-n1cncn1. The number of hydrogen-bond acceptors (Lipinski definition) is 4. The normalized spacial score (nSPS) is 20.6. The molecule has 25 heavy (non-hydrogen) atoms. The Balaban J connectivity index is 1.65. The van der Waals surface area contributed by atoms with Gasteiger partial charge in [0.15, 0.2) is 0 Å². The predicted molar refractivity (Wildman–Crippen MR) is 95.7 cm³/mol. The Morgan fingerprint density at radius 3 is 2.84 bits per heavy atom. The highest BCUT2D eigenvalue weighted by molar-refractivity contribution is 5.94. The first-order chi connectivity index (χ1) is 11.9. The molecule has 1 aliphatic heterocycles. The number of carbonyl (C=O) groups is 1. The molecule has 2 heterocycles. The molecule has 1 aromatic heterocycles. The molecule has 2 aromatic rings. The van der Waals surface area contributed by atoms with Gasteiger partial charge in [0.05, 0.1) is 11.8 Å². The van der Waals surface area contributed by atoms with Gasteiger partial charge in [0.1, 0.15) is 12.7 Å². The number of amides is 1. The average molecular weight is 342 g/mol. The van der Waals surface area contributed by atoms with Crippen LogP contribution in [0.3, 0.4) is 0 Å². The lowest BCUT2D eigenvalue weighted by Gasteiger charge is -2.31. The number of nitrogens with one attached hydrogen (secondary N) is 1. The van der Waals surface area contributed by atoms with Gasteiger partial charge in [0, 0.05) is 24.6 Å². The summed E-state index contributed by atoms with van der Waals surface area (Å²) in [7, 11) is 0. The van der Waals surface area contributed by atoms with E-state index in [-0.39, 0.29) is 17.4 Å². The number of rotatable bonds is 4. The molecule has 0 radical (unpaired) electrons. The molecule has 0 unspecified atom stereocenters. The lowest BCUT2D eigenvalue weighted by Crippen LogP contribution is -2.38. The van der Waals surface area contributed by atoms with Gasteiger partial charge in [-0.3, -0.25) is 4.79 Å². The van der Waals surface area contributed by atoms with Gasteiger partial charge >= 0.3 is 0 Å². The van der Waals surface area contributed by atoms with Gasteiger partial charge in [-0.05, 0) is 42.5 Å². The molecule has 0 aliphatic carbocycles. The molecule has 1 saturated heterocycles. The zero-order valence-electron chi connectivity index (χ0n) is 15.3. The summed E-state index contributed by atoms with van der Waals surface area (Å²) in [6.45, 7) is 9.94. The number of carbonyl (C=O) groups excluding carboxylic acids is 1. The van der Waals surface area contributed by atoms with Crippen molar-refractivity contribution in [3.63, 3.8) is 0 Å². The maximum Gasteiger partial charge on any atom is 0.251 e. The fourth-order valence-electron chi connectivity index (χ4n) is 3.51. The number of ether oxygens (including phenoxy) is 1. The maximum atomic E-state index is 12.5. The fraction of sp³-hybridized carbons (Fsp3) is 0.526. The van der Waals surface area contributed by atoms with E-state index in [1.165, 1.54) is 6.33 Å². The van der Waals surface area contributed by atoms with Crippen LogP contribution < -0.4 is 5.32 Å². The fourth-order valence-corrected chi connectivity index (χ4v) is 3.51. The molecule has 1 N–H and O–H groups in total. The third kappa shape index (κ3) is 3.90. The summed E-state index contributed by atoms with van der Waals surface area (Å²) in [6.07, 6.45) is 4.32. The third-order valence-electron chi connectivity index (χ3n) is 4.72. The Kier molecular flexibility index (Phi) is 4.90. The molecular formula is C19H26N4O2. The van der Waals surface area contributed by atoms with E-state index in [1.807, 2.05) is 25.1 Å². The molecule has 2 atom stereocenters. The van der Waals surface area contributed by atoms with E-state index < -0.39 is 0 Å². The second kappa shape index (κ2) is 6.96. The van der Waals surface area contributed by atoms with Gasteiger partial charge in [-0.25, -0.2) is 9.67 Å². The lowest BCUT2D eigenvalue weighted by atomic mass is 9.81. The molecule has 1 aromatic carbocycles. The number of aryl methyl sites for hydroxylation is 1. The Morgan fingerprint density at radius 1 is 1.40 bits per heavy atom. The minimum Gasteiger partial charge on any atom is -0.377 e. The van der Waals surface area contributed by atoms with Gasteiger partial charge in [-0.2, -0.15) is 5.10 Å². The summed E-state index contributed by atoms with van der Waals surface area (Å²) < 4.78 is 7.57. The van der Waals surface area contributed by atoms with Crippen molar-refractivity contribution in [3.05, 3.63) is 42.0 Å². The van der Waals surface area contributed by atoms with Crippen LogP contribution in [0.5, 0.6) is 0 Å². The zero-order valence-corrected chi connectivity index (χ0v) is 15.3. The van der Waals surface area contributed by atoms with Gasteiger partial charge < -0.3 is 10.1 Å². The Labute approximate surface area is 148 Å². The minimum absolute atomic E-state index is 0.0483. The summed E-state index contributed by atoms with van der Waals surface area (Å²) in [5.41, 5.74) is 2.65. The van der Waals surface area contributed by atoms with Crippen molar-refractivity contribution in [1.29, 1.82) is 0 Å². The Bertz CT molecular complexity index is 734. The van der Waals surface area contributed by atoms with E-state index in [1.54, 1.807) is 11.0 Å². The minimum atomic E-state index is -0.0483. The number of hydrogen-bond donors (Lipinski definition) is 1. The smallest absolute Gasteiger partial charge is 0.251 e. The molecule has 0 spiro atoms. The first-order valence-corrected chi connectivity index (χ1v) is 8.71. The van der Waals surface area contributed by atoms with Crippen LogP contribution in [0.2, 0.25) is 0 Å². The molecule has 1 aliphatic rings. The second-order valence-electron chi connectivity index (χ2n) is 7.76. The van der Waals surface area contributed by atoms with Crippen molar-refractivity contribution in [2.75, 3.05) is 13.2 Å². The number of aromatic nitrogens is 3. The average Bonchev–Trinajstić information content (AvgIpc) is 3.23. The van der Waals surface area contributed by atoms with Crippen LogP contribution in [0.25, 0.3) is 5.69 Å². The molecule has 6 heteroatoms. The molecule has 1 fully saturated rings. The van der Waals surface area contributed by atoms with Gasteiger partial charge in [-0.15, -0.1) is 0 Å². The van der Waals surface area contributed by atoms with Crippen LogP contribution in [0, 0.1) is 18.3 Å². The molecule has 3 rings (SSSR count). The Hall–Kier alpha value is -2.21. The van der Waals surface area contributed by atoms with Crippen molar-refractivity contribution >= 4 is 5.91 Å². The second-order valence-corrected chi connectivity index (χ2v) is 7.76. The zero-order chi connectivity index (χ0) is 18.0. The highest BCUT2D eigenvalue weighted by Gasteiger charge is 2.37. The van der Waals surface area contributed by atoms with Crippen LogP contribution in [-0.4, -0.2) is 39.9 Å². The van der Waals surface area contributed by atoms with Crippen molar-refractivity contribution < 1.29 is 9.53 Å². The summed E-state index contributed by atoms with van der Waals surface area (Å²) >= 11 is 0. The van der Waals surface area contributed by atoms with Crippen molar-refractivity contribution in [3.8, 4) is 5.69 Å². The number of nitrogens with zero attached hydrogens (tertiary/aromatic N) is 3. The first kappa shape index (κ1) is 17.6. The van der Waals surface area contributed by atoms with E-state index in [0.717, 1.165) is 24.3 Å². The van der Waals surface area contributed by atoms with E-state index >= 15 is 0 Å². The topological polar surface area (TPSA) is 69.0 Å². The van der Waals surface area contributed by atoms with Crippen LogP contribution in [0.4, 0.5) is 0 Å². The molecule has 0 saturated carbocycles. The molecule has 0 bridgehead atoms. The largest absolute Gasteiger partial charge is 0.377 e. The van der Waals surface area contributed by atoms with Crippen LogP contribution >= 0.6 is 0 Å². The molecular weight excluding hydrogens is 316 g/mol. The Morgan fingerprint density at radius 2 is 2.20 bits per heavy atom. The van der Waals surface area contributed by atoms with E-state index in [2.05, 4.69) is 36.2 Å². The van der Waals surface area contributed by atoms with Gasteiger partial charge in [-0.1, -0.05) is 20.8 Å². The maximum absolute atomic E-state index is 12.5. The predicted octanol–water partition coefficient (Wildman–Crippen LogP) is 2.76. The van der Waals surface area contributed by atoms with E-state index in [0.29, 0.717) is 18.0 Å². The van der Waals surface area contributed by atoms with E-state index in [4.69, 9.17) is 4.74 Å². The summed E-state index contributed by atoms with van der Waals surface area (Å²) in [6, 6.07) is 5.61. The lowest BCUT2D eigenvalue weighted by molar-refractivity contribution is 0.00737. The highest BCUT2D eigenvalue weighted by Crippen LogP contribution is 2.34. The van der Waals surface area contributed by atoms with Crippen molar-refractivity contribution in [1.82, 2.24) is 20.1 Å². The summed E-state index contributed by atoms with van der Waals surface area (Å²) in [5.74, 6) is 0.312. The molecule has 134 valence electrons. The van der Waals surface area contributed by atoms with Crippen LogP contribution in [0.15, 0.2) is 30.9 Å².